The molecule has 2 atom stereocenters. The minimum Gasteiger partial charge on any atom is -0.481 e. The van der Waals surface area contributed by atoms with Gasteiger partial charge in [-0.3, -0.25) is 19.0 Å². The van der Waals surface area contributed by atoms with E-state index in [-0.39, 0.29) is 23.3 Å². The summed E-state index contributed by atoms with van der Waals surface area (Å²) in [5.41, 5.74) is -1.03. The molecule has 1 fully saturated rings. The van der Waals surface area contributed by atoms with Crippen molar-refractivity contribution >= 4 is 11.9 Å². The molecule has 232 valence electrons. The van der Waals surface area contributed by atoms with E-state index in [1.165, 1.54) is 12.1 Å². The van der Waals surface area contributed by atoms with Crippen molar-refractivity contribution in [2.75, 3.05) is 0 Å². The highest BCUT2D eigenvalue weighted by Gasteiger charge is 2.36. The van der Waals surface area contributed by atoms with Crippen LogP contribution < -0.4 is 15.6 Å². The van der Waals surface area contributed by atoms with Crippen LogP contribution in [0.3, 0.4) is 0 Å². The summed E-state index contributed by atoms with van der Waals surface area (Å²) in [5, 5.41) is 12.2. The number of carboxylic acids is 1. The van der Waals surface area contributed by atoms with Crippen LogP contribution >= 0.6 is 0 Å². The molecule has 1 aliphatic heterocycles. The third-order valence-corrected chi connectivity index (χ3v) is 8.03. The number of nitrogens with one attached hydrogen (secondary N) is 1. The van der Waals surface area contributed by atoms with E-state index in [0.29, 0.717) is 52.1 Å². The molecule has 1 aromatic heterocycles. The molecular formula is C33H25F5N2O5. The Labute approximate surface area is 252 Å². The van der Waals surface area contributed by atoms with E-state index in [4.69, 9.17) is 4.74 Å². The van der Waals surface area contributed by atoms with Gasteiger partial charge in [-0.05, 0) is 84.8 Å². The summed E-state index contributed by atoms with van der Waals surface area (Å²) in [6.07, 6.45) is -3.54. The van der Waals surface area contributed by atoms with Crippen LogP contribution in [0.4, 0.5) is 22.0 Å². The topological polar surface area (TPSA) is 97.6 Å². The Morgan fingerprint density at radius 3 is 2.40 bits per heavy atom. The van der Waals surface area contributed by atoms with E-state index < -0.39 is 64.9 Å². The van der Waals surface area contributed by atoms with Crippen LogP contribution in [0.5, 0.6) is 11.5 Å². The van der Waals surface area contributed by atoms with Gasteiger partial charge >= 0.3 is 12.1 Å². The summed E-state index contributed by atoms with van der Waals surface area (Å²) in [7, 11) is 0. The number of aliphatic carboxylic acids is 1. The fourth-order valence-electron chi connectivity index (χ4n) is 5.74. The minimum atomic E-state index is -4.87. The van der Waals surface area contributed by atoms with Crippen molar-refractivity contribution < 1.29 is 41.4 Å². The van der Waals surface area contributed by atoms with E-state index in [1.54, 1.807) is 31.2 Å². The Kier molecular flexibility index (Phi) is 7.46. The zero-order valence-electron chi connectivity index (χ0n) is 23.6. The Balaban J connectivity index is 1.63. The van der Waals surface area contributed by atoms with Gasteiger partial charge < -0.3 is 15.2 Å². The molecule has 0 spiro atoms. The second-order valence-corrected chi connectivity index (χ2v) is 11.2. The van der Waals surface area contributed by atoms with Crippen molar-refractivity contribution in [1.29, 1.82) is 0 Å². The number of carbonyl (C=O) groups excluding carboxylic acids is 1. The molecule has 12 heteroatoms. The third kappa shape index (κ3) is 5.79. The molecule has 4 aromatic rings. The van der Waals surface area contributed by atoms with E-state index in [2.05, 4.69) is 5.32 Å². The van der Waals surface area contributed by atoms with Gasteiger partial charge in [-0.25, -0.2) is 8.78 Å². The summed E-state index contributed by atoms with van der Waals surface area (Å²) in [6.45, 7) is 1.81. The molecule has 2 N–H and O–H groups in total. The van der Waals surface area contributed by atoms with Crippen molar-refractivity contribution in [2.24, 2.45) is 0 Å². The highest BCUT2D eigenvalue weighted by molar-refractivity contribution is 5.85. The number of fused-ring (bicyclic) bond motifs is 6. The first-order valence-electron chi connectivity index (χ1n) is 14.0. The van der Waals surface area contributed by atoms with E-state index in [1.807, 2.05) is 0 Å². The van der Waals surface area contributed by atoms with Gasteiger partial charge in [0.05, 0.1) is 18.0 Å². The fraction of sp³-hybridized carbons (Fsp3) is 0.242. The Morgan fingerprint density at radius 1 is 1.00 bits per heavy atom. The van der Waals surface area contributed by atoms with Gasteiger partial charge in [0.1, 0.15) is 29.2 Å². The van der Waals surface area contributed by atoms with E-state index in [0.717, 1.165) is 17.7 Å². The summed E-state index contributed by atoms with van der Waals surface area (Å²) in [5.74, 6) is -4.04. The molecule has 0 saturated heterocycles. The number of aryl methyl sites for hydroxylation is 1. The van der Waals surface area contributed by atoms with Gasteiger partial charge in [0.15, 0.2) is 0 Å². The maximum Gasteiger partial charge on any atom is 0.416 e. The van der Waals surface area contributed by atoms with Crippen LogP contribution in [0.2, 0.25) is 0 Å². The number of ether oxygens (including phenoxy) is 1. The van der Waals surface area contributed by atoms with Gasteiger partial charge in [0.25, 0.3) is 5.56 Å². The maximum absolute atomic E-state index is 16.2. The van der Waals surface area contributed by atoms with E-state index in [9.17, 15) is 32.7 Å². The standard InChI is InChI=1S/C33H25F5N2O5/c1-16-3-2-4-26-29(16)18-11-21(17-5-6-17)30(35)23(12-18)25(15-28(42)43)39-32(44)31(22-14-20(45-26)7-8-24(22)34)40-10-9-19(13-27(40)41)33(36,37)38/h2-4,7-14,17,25,31H,5-6,15H2,1H3,(H,39,44)(H,42,43)/t25-,31-/m0/s1. The monoisotopic (exact) mass is 624 g/mol. The molecule has 2 aliphatic rings. The number of hydrogen-bond acceptors (Lipinski definition) is 4. The van der Waals surface area contributed by atoms with Gasteiger partial charge in [-0.15, -0.1) is 0 Å². The zero-order chi connectivity index (χ0) is 32.2. The fourth-order valence-corrected chi connectivity index (χ4v) is 5.74. The summed E-state index contributed by atoms with van der Waals surface area (Å²) in [6, 6.07) is 9.08. The lowest BCUT2D eigenvalue weighted by Crippen LogP contribution is -2.40. The molecule has 4 bridgehead atoms. The second-order valence-electron chi connectivity index (χ2n) is 11.2. The van der Waals surface area contributed by atoms with Gasteiger partial charge in [-0.2, -0.15) is 13.2 Å². The normalized spacial score (nSPS) is 18.0. The Hall–Kier alpha value is -5.00. The van der Waals surface area contributed by atoms with Crippen LogP contribution in [0.15, 0.2) is 71.7 Å². The van der Waals surface area contributed by atoms with Crippen molar-refractivity contribution in [3.8, 4) is 22.6 Å². The highest BCUT2D eigenvalue weighted by Crippen LogP contribution is 2.46. The number of aromatic nitrogens is 1. The summed E-state index contributed by atoms with van der Waals surface area (Å²) < 4.78 is 78.5. The Morgan fingerprint density at radius 2 is 1.73 bits per heavy atom. The number of carboxylic acid groups (broad SMARTS) is 1. The SMILES string of the molecule is Cc1cccc2c1-c1cc(C3CC3)c(F)c(c1)[C@H](CC(=O)O)NC(=O)[C@@H](n1ccc(C(F)(F)F)cc1=O)c1cc(ccc1F)O2. The van der Waals surface area contributed by atoms with E-state index >= 15 is 8.78 Å². The molecule has 0 unspecified atom stereocenters. The van der Waals surface area contributed by atoms with Crippen LogP contribution in [0.25, 0.3) is 11.1 Å². The number of carbonyl (C=O) groups is 2. The lowest BCUT2D eigenvalue weighted by atomic mass is 9.90. The number of rotatable bonds is 4. The van der Waals surface area contributed by atoms with Crippen LogP contribution in [0, 0.1) is 18.6 Å². The molecule has 6 rings (SSSR count). The first-order chi connectivity index (χ1) is 21.3. The van der Waals surface area contributed by atoms with Crippen molar-refractivity contribution in [3.05, 3.63) is 117 Å². The van der Waals surface area contributed by atoms with Gasteiger partial charge in [0, 0.05) is 29.0 Å². The number of benzene rings is 3. The first kappa shape index (κ1) is 30.0. The third-order valence-electron chi connectivity index (χ3n) is 8.03. The molecular weight excluding hydrogens is 599 g/mol. The van der Waals surface area contributed by atoms with Crippen LogP contribution in [-0.2, 0) is 15.8 Å². The molecule has 45 heavy (non-hydrogen) atoms. The molecule has 1 amide bonds. The van der Waals surface area contributed by atoms with Crippen molar-refractivity contribution in [1.82, 2.24) is 9.88 Å². The predicted octanol–water partition coefficient (Wildman–Crippen LogP) is 7.03. The van der Waals surface area contributed by atoms with Crippen LogP contribution in [0.1, 0.15) is 65.1 Å². The lowest BCUT2D eigenvalue weighted by Gasteiger charge is -2.25. The first-order valence-corrected chi connectivity index (χ1v) is 14.0. The average Bonchev–Trinajstić information content (AvgIpc) is 3.80. The molecule has 1 aliphatic carbocycles. The van der Waals surface area contributed by atoms with Gasteiger partial charge in [0.2, 0.25) is 5.91 Å². The summed E-state index contributed by atoms with van der Waals surface area (Å²) >= 11 is 0. The highest BCUT2D eigenvalue weighted by atomic mass is 19.4. The van der Waals surface area contributed by atoms with Crippen LogP contribution in [-0.4, -0.2) is 21.6 Å². The van der Waals surface area contributed by atoms with Crippen molar-refractivity contribution in [3.63, 3.8) is 0 Å². The van der Waals surface area contributed by atoms with Crippen molar-refractivity contribution in [2.45, 2.75) is 50.4 Å². The number of hydrogen-bond donors (Lipinski definition) is 2. The second kappa shape index (κ2) is 11.2. The zero-order valence-corrected chi connectivity index (χ0v) is 23.6. The molecule has 3 aromatic carbocycles. The maximum atomic E-state index is 16.2. The lowest BCUT2D eigenvalue weighted by molar-refractivity contribution is -0.138. The Bertz CT molecular complexity index is 1910. The number of alkyl halides is 3. The molecule has 0 radical (unpaired) electrons. The van der Waals surface area contributed by atoms with Gasteiger partial charge in [-0.1, -0.05) is 12.1 Å². The number of nitrogens with zero attached hydrogens (tertiary/aromatic N) is 1. The quantitative estimate of drug-likeness (QED) is 0.238. The molecule has 1 saturated carbocycles. The average molecular weight is 625 g/mol. The number of halogens is 5. The number of amides is 1. The number of pyridine rings is 1. The molecule has 7 nitrogen and oxygen atoms in total. The minimum absolute atomic E-state index is 0.0436. The smallest absolute Gasteiger partial charge is 0.416 e. The largest absolute Gasteiger partial charge is 0.481 e. The predicted molar refractivity (Wildman–Crippen MR) is 152 cm³/mol. The molecule has 2 heterocycles. The summed E-state index contributed by atoms with van der Waals surface area (Å²) in [4.78, 5) is 39.0.